The van der Waals surface area contributed by atoms with Crippen molar-refractivity contribution in [2.45, 2.75) is 65.8 Å². The van der Waals surface area contributed by atoms with Gasteiger partial charge in [0.15, 0.2) is 5.75 Å². The summed E-state index contributed by atoms with van der Waals surface area (Å²) in [6.45, 7) is 12.4. The van der Waals surface area contributed by atoms with Gasteiger partial charge in [0.25, 0.3) is 5.91 Å². The molecule has 1 amide bonds. The van der Waals surface area contributed by atoms with Gasteiger partial charge in [-0.15, -0.1) is 0 Å². The second kappa shape index (κ2) is 13.8. The zero-order valence-electron chi connectivity index (χ0n) is 22.9. The number of benzene rings is 2. The van der Waals surface area contributed by atoms with Crippen molar-refractivity contribution in [1.82, 2.24) is 10.2 Å². The Morgan fingerprint density at radius 1 is 1.08 bits per heavy atom. The molecule has 2 unspecified atom stereocenters. The van der Waals surface area contributed by atoms with Gasteiger partial charge in [0.1, 0.15) is 11.6 Å². The zero-order chi connectivity index (χ0) is 27.7. The van der Waals surface area contributed by atoms with Crippen LogP contribution in [0.2, 0.25) is 0 Å². The van der Waals surface area contributed by atoms with Gasteiger partial charge in [-0.1, -0.05) is 66.0 Å². The molecule has 2 atom stereocenters. The summed E-state index contributed by atoms with van der Waals surface area (Å²) >= 11 is 0. The van der Waals surface area contributed by atoms with E-state index in [0.29, 0.717) is 23.4 Å². The van der Waals surface area contributed by atoms with E-state index in [1.807, 2.05) is 13.8 Å². The van der Waals surface area contributed by atoms with Gasteiger partial charge in [0.05, 0.1) is 23.0 Å². The molecule has 0 heterocycles. The van der Waals surface area contributed by atoms with Gasteiger partial charge in [0.2, 0.25) is 0 Å². The summed E-state index contributed by atoms with van der Waals surface area (Å²) in [6.07, 6.45) is 6.14. The second-order valence-corrected chi connectivity index (χ2v) is 9.58. The lowest BCUT2D eigenvalue weighted by atomic mass is 9.82. The predicted molar refractivity (Wildman–Crippen MR) is 147 cm³/mol. The van der Waals surface area contributed by atoms with Crippen molar-refractivity contribution in [2.24, 2.45) is 5.92 Å². The molecule has 1 aliphatic carbocycles. The van der Waals surface area contributed by atoms with Crippen molar-refractivity contribution in [3.63, 3.8) is 0 Å². The van der Waals surface area contributed by atoms with Crippen molar-refractivity contribution in [3.05, 3.63) is 82.7 Å². The number of nitrogens with one attached hydrogen (secondary N) is 2. The van der Waals surface area contributed by atoms with Crippen molar-refractivity contribution in [3.8, 4) is 5.75 Å². The molecule has 0 saturated carbocycles. The van der Waals surface area contributed by atoms with E-state index in [4.69, 9.17) is 0 Å². The molecule has 2 aromatic carbocycles. The number of para-hydroxylation sites is 1. The Labute approximate surface area is 220 Å². The highest BCUT2D eigenvalue weighted by Gasteiger charge is 2.33. The Morgan fingerprint density at radius 2 is 1.68 bits per heavy atom. The number of hydrogen-bond acceptors (Lipinski definition) is 4. The maximum Gasteiger partial charge on any atom is 0.257 e. The molecule has 0 saturated heterocycles. The summed E-state index contributed by atoms with van der Waals surface area (Å²) in [5.74, 6) is -1.71. The van der Waals surface area contributed by atoms with Crippen LogP contribution in [0, 0.1) is 17.6 Å². The molecule has 0 aromatic heterocycles. The molecule has 0 radical (unpaired) electrons. The number of phenols is 1. The maximum atomic E-state index is 13.7. The first-order chi connectivity index (χ1) is 17.5. The molecule has 7 heteroatoms. The van der Waals surface area contributed by atoms with Gasteiger partial charge < -0.3 is 20.6 Å². The molecular weight excluding hydrogens is 472 g/mol. The second-order valence-electron chi connectivity index (χ2n) is 9.58. The number of nitrogens with zero attached hydrogens (tertiary/aromatic N) is 1. The van der Waals surface area contributed by atoms with E-state index in [-0.39, 0.29) is 29.2 Å². The van der Waals surface area contributed by atoms with Crippen LogP contribution in [0.25, 0.3) is 0 Å². The number of rotatable bonds is 10. The Kier molecular flexibility index (Phi) is 11.2. The van der Waals surface area contributed by atoms with Gasteiger partial charge in [-0.3, -0.25) is 4.79 Å². The van der Waals surface area contributed by atoms with Gasteiger partial charge in [-0.25, -0.2) is 8.78 Å². The minimum absolute atomic E-state index is 0.00342. The van der Waals surface area contributed by atoms with Gasteiger partial charge in [-0.05, 0) is 41.8 Å². The summed E-state index contributed by atoms with van der Waals surface area (Å²) in [7, 11) is 3.23. The number of halogens is 2. The molecule has 0 fully saturated rings. The quantitative estimate of drug-likeness (QED) is 0.227. The Hall–Kier alpha value is -3.35. The fourth-order valence-corrected chi connectivity index (χ4v) is 4.12. The van der Waals surface area contributed by atoms with E-state index in [0.717, 1.165) is 17.3 Å². The van der Waals surface area contributed by atoms with Crippen LogP contribution in [-0.2, 0) is 0 Å². The van der Waals surface area contributed by atoms with E-state index in [1.165, 1.54) is 42.7 Å². The van der Waals surface area contributed by atoms with E-state index in [2.05, 4.69) is 31.1 Å². The summed E-state index contributed by atoms with van der Waals surface area (Å²) < 4.78 is 27.4. The number of aromatic hydroxyl groups is 1. The third-order valence-electron chi connectivity index (χ3n) is 6.46. The topological polar surface area (TPSA) is 64.6 Å². The highest BCUT2D eigenvalue weighted by Crippen LogP contribution is 2.41. The highest BCUT2D eigenvalue weighted by atomic mass is 19.1. The van der Waals surface area contributed by atoms with Crippen LogP contribution in [0.15, 0.2) is 59.9 Å². The van der Waals surface area contributed by atoms with Crippen LogP contribution >= 0.6 is 0 Å². The summed E-state index contributed by atoms with van der Waals surface area (Å²) in [5, 5.41) is 17.1. The van der Waals surface area contributed by atoms with Crippen LogP contribution in [0.4, 0.5) is 14.5 Å². The number of amides is 1. The molecule has 0 spiro atoms. The summed E-state index contributed by atoms with van der Waals surface area (Å²) in [4.78, 5) is 13.7. The molecule has 5 nitrogen and oxygen atoms in total. The Bertz CT molecular complexity index is 1100. The molecule has 37 heavy (non-hydrogen) atoms. The number of hydrogen-bond donors (Lipinski definition) is 3. The zero-order valence-corrected chi connectivity index (χ0v) is 22.9. The van der Waals surface area contributed by atoms with Crippen LogP contribution in [0.3, 0.4) is 0 Å². The number of unbranched alkanes of at least 4 members (excludes halogenated alkanes) is 3. The van der Waals surface area contributed by atoms with Gasteiger partial charge in [0, 0.05) is 31.8 Å². The lowest BCUT2D eigenvalue weighted by Crippen LogP contribution is -2.35. The molecule has 1 aliphatic rings. The summed E-state index contributed by atoms with van der Waals surface area (Å²) in [5.41, 5.74) is 3.41. The van der Waals surface area contributed by atoms with Crippen molar-refractivity contribution < 1.29 is 18.7 Å². The fraction of sp³-hybridized carbons (Fsp3) is 0.433. The van der Waals surface area contributed by atoms with Crippen LogP contribution < -0.4 is 10.6 Å². The van der Waals surface area contributed by atoms with Gasteiger partial charge in [-0.2, -0.15) is 0 Å². The number of allylic oxidation sites excluding steroid dienone is 2. The predicted octanol–water partition coefficient (Wildman–Crippen LogP) is 7.53. The first-order valence-electron chi connectivity index (χ1n) is 13.0. The number of anilines is 1. The normalized spacial score (nSPS) is 15.4. The Balaban J connectivity index is 0.000000717. The number of carbonyl (C=O) groups is 1. The third kappa shape index (κ3) is 7.57. The van der Waals surface area contributed by atoms with Gasteiger partial charge >= 0.3 is 0 Å². The van der Waals surface area contributed by atoms with E-state index in [1.54, 1.807) is 32.3 Å². The van der Waals surface area contributed by atoms with E-state index < -0.39 is 11.6 Å². The standard InChI is InChI=1S/C24H27F2N3O2.C6H14/c1-6-19(15-10-16(25)12-17(26)11-15)27-21-13(2)14(3)22(21)28-20-9-7-8-18(23(20)30)24(31)29(4)5;1-3-5-6-4-2/h7-13,19,27-28,30H,3,6H2,1-2,4-5H3;3-6H2,1-2H3. The lowest BCUT2D eigenvalue weighted by molar-refractivity contribution is 0.0824. The fourth-order valence-electron chi connectivity index (χ4n) is 4.12. The first-order valence-corrected chi connectivity index (χ1v) is 13.0. The molecule has 2 aromatic rings. The monoisotopic (exact) mass is 513 g/mol. The molecular formula is C30H41F2N3O2. The minimum atomic E-state index is -0.624. The SMILES string of the molecule is C=C1C(Nc2cccc(C(=O)N(C)C)c2O)=C(NC(CC)c2cc(F)cc(F)c2)C1C.CCCCCC. The average Bonchev–Trinajstić information content (AvgIpc) is 2.87. The van der Waals surface area contributed by atoms with Crippen molar-refractivity contribution in [1.29, 1.82) is 0 Å². The van der Waals surface area contributed by atoms with Crippen LogP contribution in [0.5, 0.6) is 5.75 Å². The Morgan fingerprint density at radius 3 is 2.19 bits per heavy atom. The minimum Gasteiger partial charge on any atom is -0.505 e. The lowest BCUT2D eigenvalue weighted by Gasteiger charge is -2.37. The smallest absolute Gasteiger partial charge is 0.257 e. The largest absolute Gasteiger partial charge is 0.505 e. The highest BCUT2D eigenvalue weighted by molar-refractivity contribution is 5.98. The number of phenolic OH excluding ortho intramolecular Hbond substituents is 1. The third-order valence-corrected chi connectivity index (χ3v) is 6.46. The first kappa shape index (κ1) is 29.9. The summed E-state index contributed by atoms with van der Waals surface area (Å²) in [6, 6.07) is 8.09. The molecule has 3 N–H and O–H groups in total. The number of carbonyl (C=O) groups excluding carboxylic acids is 1. The maximum absolute atomic E-state index is 13.7. The van der Waals surface area contributed by atoms with Crippen LogP contribution in [0.1, 0.15) is 81.8 Å². The molecule has 202 valence electrons. The molecule has 0 bridgehead atoms. The van der Waals surface area contributed by atoms with Crippen molar-refractivity contribution >= 4 is 11.6 Å². The van der Waals surface area contributed by atoms with E-state index in [9.17, 15) is 18.7 Å². The van der Waals surface area contributed by atoms with Crippen molar-refractivity contribution in [2.75, 3.05) is 19.4 Å². The van der Waals surface area contributed by atoms with Crippen LogP contribution in [-0.4, -0.2) is 30.0 Å². The van der Waals surface area contributed by atoms with E-state index >= 15 is 0 Å². The molecule has 3 rings (SSSR count). The molecule has 0 aliphatic heterocycles. The average molecular weight is 514 g/mol.